The number of hydrogen-bond donors (Lipinski definition) is 2. The molecule has 2 N–H and O–H groups in total. The zero-order valence-electron chi connectivity index (χ0n) is 10.7. The number of rotatable bonds is 6. The maximum absolute atomic E-state index is 11.8. The van der Waals surface area contributed by atoms with E-state index in [9.17, 15) is 9.59 Å². The molecule has 1 amide bonds. The Kier molecular flexibility index (Phi) is 5.45. The summed E-state index contributed by atoms with van der Waals surface area (Å²) >= 11 is 0. The molecule has 0 aromatic heterocycles. The first kappa shape index (κ1) is 14.0. The lowest BCUT2D eigenvalue weighted by molar-refractivity contribution is -0.143. The fourth-order valence-electron chi connectivity index (χ4n) is 2.64. The molecule has 0 saturated heterocycles. The van der Waals surface area contributed by atoms with E-state index in [4.69, 9.17) is 5.11 Å². The molecular formula is C13H23NO3. The van der Waals surface area contributed by atoms with Gasteiger partial charge in [0.1, 0.15) is 0 Å². The second-order valence-electron chi connectivity index (χ2n) is 4.89. The molecule has 17 heavy (non-hydrogen) atoms. The Hall–Kier alpha value is -1.06. The van der Waals surface area contributed by atoms with Gasteiger partial charge in [-0.2, -0.15) is 0 Å². The van der Waals surface area contributed by atoms with Gasteiger partial charge in [-0.3, -0.25) is 9.59 Å². The molecule has 0 radical (unpaired) electrons. The van der Waals surface area contributed by atoms with Crippen molar-refractivity contribution in [3.63, 3.8) is 0 Å². The minimum absolute atomic E-state index is 0.0691. The molecule has 1 rings (SSSR count). The normalized spacial score (nSPS) is 23.9. The first-order valence-corrected chi connectivity index (χ1v) is 6.60. The molecule has 0 spiro atoms. The molecule has 4 heteroatoms. The molecule has 2 atom stereocenters. The van der Waals surface area contributed by atoms with E-state index in [-0.39, 0.29) is 23.7 Å². The third kappa shape index (κ3) is 3.72. The highest BCUT2D eigenvalue weighted by molar-refractivity contribution is 5.78. The topological polar surface area (TPSA) is 66.4 Å². The van der Waals surface area contributed by atoms with Crippen LogP contribution in [0.1, 0.15) is 46.0 Å². The fraction of sp³-hybridized carbons (Fsp3) is 0.846. The highest BCUT2D eigenvalue weighted by atomic mass is 16.4. The van der Waals surface area contributed by atoms with Gasteiger partial charge in [0.05, 0.1) is 5.92 Å². The van der Waals surface area contributed by atoms with Crippen LogP contribution < -0.4 is 5.32 Å². The van der Waals surface area contributed by atoms with Crippen LogP contribution in [0, 0.1) is 17.8 Å². The van der Waals surface area contributed by atoms with Crippen molar-refractivity contribution in [2.75, 3.05) is 6.54 Å². The van der Waals surface area contributed by atoms with Crippen LogP contribution in [0.15, 0.2) is 0 Å². The van der Waals surface area contributed by atoms with E-state index in [0.717, 1.165) is 32.1 Å². The van der Waals surface area contributed by atoms with Gasteiger partial charge in [-0.25, -0.2) is 0 Å². The van der Waals surface area contributed by atoms with Gasteiger partial charge in [-0.1, -0.05) is 20.3 Å². The van der Waals surface area contributed by atoms with E-state index in [1.165, 1.54) is 0 Å². The summed E-state index contributed by atoms with van der Waals surface area (Å²) in [7, 11) is 0. The van der Waals surface area contributed by atoms with Gasteiger partial charge >= 0.3 is 5.97 Å². The Morgan fingerprint density at radius 3 is 2.47 bits per heavy atom. The zero-order valence-corrected chi connectivity index (χ0v) is 10.7. The van der Waals surface area contributed by atoms with Crippen molar-refractivity contribution in [1.29, 1.82) is 0 Å². The third-order valence-corrected chi connectivity index (χ3v) is 3.87. The second-order valence-corrected chi connectivity index (χ2v) is 4.89. The molecular weight excluding hydrogens is 218 g/mol. The molecule has 98 valence electrons. The van der Waals surface area contributed by atoms with Crippen LogP contribution >= 0.6 is 0 Å². The third-order valence-electron chi connectivity index (χ3n) is 3.87. The standard InChI is InChI=1S/C13H23NO3/c1-3-9(4-2)12(15)14-8-10-6-5-7-11(10)13(16)17/h9-11H,3-8H2,1-2H3,(H,14,15)(H,16,17). The van der Waals surface area contributed by atoms with E-state index in [1.54, 1.807) is 0 Å². The maximum atomic E-state index is 11.8. The SMILES string of the molecule is CCC(CC)C(=O)NCC1CCCC1C(=O)O. The largest absolute Gasteiger partial charge is 0.481 e. The summed E-state index contributed by atoms with van der Waals surface area (Å²) in [6, 6.07) is 0. The van der Waals surface area contributed by atoms with Crippen LogP contribution in [0.4, 0.5) is 0 Å². The monoisotopic (exact) mass is 241 g/mol. The van der Waals surface area contributed by atoms with Crippen LogP contribution in [-0.4, -0.2) is 23.5 Å². The Labute approximate surface area is 103 Å². The molecule has 4 nitrogen and oxygen atoms in total. The minimum atomic E-state index is -0.718. The summed E-state index contributed by atoms with van der Waals surface area (Å²) in [5.74, 6) is -0.724. The average Bonchev–Trinajstić information content (AvgIpc) is 2.76. The number of carbonyl (C=O) groups excluding carboxylic acids is 1. The highest BCUT2D eigenvalue weighted by Crippen LogP contribution is 2.31. The summed E-state index contributed by atoms with van der Waals surface area (Å²) in [5.41, 5.74) is 0. The van der Waals surface area contributed by atoms with E-state index < -0.39 is 5.97 Å². The molecule has 0 bridgehead atoms. The van der Waals surface area contributed by atoms with Gasteiger partial charge in [0.2, 0.25) is 5.91 Å². The van der Waals surface area contributed by atoms with Gasteiger partial charge in [-0.15, -0.1) is 0 Å². The molecule has 1 aliphatic carbocycles. The van der Waals surface area contributed by atoms with Crippen molar-refractivity contribution < 1.29 is 14.7 Å². The van der Waals surface area contributed by atoms with Crippen LogP contribution in [0.25, 0.3) is 0 Å². The van der Waals surface area contributed by atoms with Crippen molar-refractivity contribution in [3.05, 3.63) is 0 Å². The predicted octanol–water partition coefficient (Wildman–Crippen LogP) is 2.04. The number of aliphatic carboxylic acids is 1. The molecule has 0 aromatic rings. The predicted molar refractivity (Wildman–Crippen MR) is 65.5 cm³/mol. The summed E-state index contributed by atoms with van der Waals surface area (Å²) in [5, 5.41) is 11.9. The van der Waals surface area contributed by atoms with E-state index >= 15 is 0 Å². The van der Waals surface area contributed by atoms with Gasteiger partial charge < -0.3 is 10.4 Å². The Morgan fingerprint density at radius 2 is 1.94 bits per heavy atom. The summed E-state index contributed by atoms with van der Waals surface area (Å²) in [4.78, 5) is 22.8. The van der Waals surface area contributed by atoms with Gasteiger partial charge in [0.25, 0.3) is 0 Å². The lowest BCUT2D eigenvalue weighted by Crippen LogP contribution is -2.36. The van der Waals surface area contributed by atoms with Crippen molar-refractivity contribution in [2.24, 2.45) is 17.8 Å². The summed E-state index contributed by atoms with van der Waals surface area (Å²) in [6.07, 6.45) is 4.31. The van der Waals surface area contributed by atoms with Gasteiger partial charge in [0, 0.05) is 12.5 Å². The van der Waals surface area contributed by atoms with Gasteiger partial charge in [-0.05, 0) is 31.6 Å². The Bertz CT molecular complexity index is 274. The van der Waals surface area contributed by atoms with Crippen LogP contribution in [-0.2, 0) is 9.59 Å². The van der Waals surface area contributed by atoms with Crippen molar-refractivity contribution in [3.8, 4) is 0 Å². The number of carbonyl (C=O) groups is 2. The van der Waals surface area contributed by atoms with Crippen molar-refractivity contribution in [1.82, 2.24) is 5.32 Å². The number of carboxylic acid groups (broad SMARTS) is 1. The van der Waals surface area contributed by atoms with Crippen molar-refractivity contribution in [2.45, 2.75) is 46.0 Å². The Morgan fingerprint density at radius 1 is 1.29 bits per heavy atom. The molecule has 0 aliphatic heterocycles. The molecule has 2 unspecified atom stereocenters. The number of amides is 1. The molecule has 1 saturated carbocycles. The average molecular weight is 241 g/mol. The number of nitrogens with one attached hydrogen (secondary N) is 1. The first-order chi connectivity index (χ1) is 8.10. The summed E-state index contributed by atoms with van der Waals surface area (Å²) < 4.78 is 0. The molecule has 1 fully saturated rings. The second kappa shape index (κ2) is 6.62. The van der Waals surface area contributed by atoms with Crippen LogP contribution in [0.5, 0.6) is 0 Å². The molecule has 1 aliphatic rings. The fourth-order valence-corrected chi connectivity index (χ4v) is 2.64. The van der Waals surface area contributed by atoms with E-state index in [0.29, 0.717) is 6.54 Å². The zero-order chi connectivity index (χ0) is 12.8. The lowest BCUT2D eigenvalue weighted by Gasteiger charge is -2.18. The van der Waals surface area contributed by atoms with Crippen LogP contribution in [0.3, 0.4) is 0 Å². The number of carboxylic acids is 1. The van der Waals surface area contributed by atoms with Crippen LogP contribution in [0.2, 0.25) is 0 Å². The quantitative estimate of drug-likeness (QED) is 0.748. The minimum Gasteiger partial charge on any atom is -0.481 e. The molecule has 0 heterocycles. The Balaban J connectivity index is 2.39. The van der Waals surface area contributed by atoms with E-state index in [1.807, 2.05) is 13.8 Å². The number of hydrogen-bond acceptors (Lipinski definition) is 2. The lowest BCUT2D eigenvalue weighted by atomic mass is 9.95. The molecule has 0 aromatic carbocycles. The van der Waals surface area contributed by atoms with E-state index in [2.05, 4.69) is 5.32 Å². The maximum Gasteiger partial charge on any atom is 0.306 e. The first-order valence-electron chi connectivity index (χ1n) is 6.60. The highest BCUT2D eigenvalue weighted by Gasteiger charge is 2.33. The smallest absolute Gasteiger partial charge is 0.306 e. The van der Waals surface area contributed by atoms with Crippen molar-refractivity contribution >= 4 is 11.9 Å². The summed E-state index contributed by atoms with van der Waals surface area (Å²) in [6.45, 7) is 4.53. The van der Waals surface area contributed by atoms with Gasteiger partial charge in [0.15, 0.2) is 0 Å².